The Hall–Kier alpha value is -2.13. The molecule has 1 saturated heterocycles. The summed E-state index contributed by atoms with van der Waals surface area (Å²) in [5.41, 5.74) is 0.0542. The van der Waals surface area contributed by atoms with Gasteiger partial charge in [0.1, 0.15) is 0 Å². The second kappa shape index (κ2) is 7.36. The van der Waals surface area contributed by atoms with E-state index in [2.05, 4.69) is 15.0 Å². The zero-order valence-corrected chi connectivity index (χ0v) is 16.2. The molecule has 0 amide bonds. The van der Waals surface area contributed by atoms with Gasteiger partial charge in [0.15, 0.2) is 5.82 Å². The zero-order chi connectivity index (χ0) is 19.9. The van der Waals surface area contributed by atoms with E-state index in [0.29, 0.717) is 22.1 Å². The highest BCUT2D eigenvalue weighted by molar-refractivity contribution is 7.17. The van der Waals surface area contributed by atoms with Crippen LogP contribution in [0.3, 0.4) is 0 Å². The molecule has 1 atom stereocenters. The fourth-order valence-electron chi connectivity index (χ4n) is 3.68. The summed E-state index contributed by atoms with van der Waals surface area (Å²) in [6, 6.07) is 4.91. The highest BCUT2D eigenvalue weighted by atomic mass is 32.1. The van der Waals surface area contributed by atoms with Gasteiger partial charge >= 0.3 is 6.18 Å². The van der Waals surface area contributed by atoms with Crippen molar-refractivity contribution in [3.63, 3.8) is 0 Å². The maximum atomic E-state index is 13.0. The van der Waals surface area contributed by atoms with Gasteiger partial charge in [-0.15, -0.1) is 5.10 Å². The molecule has 0 spiro atoms. The van der Waals surface area contributed by atoms with Crippen LogP contribution >= 0.6 is 11.3 Å². The number of alkyl halides is 3. The molecule has 1 fully saturated rings. The summed E-state index contributed by atoms with van der Waals surface area (Å²) in [6.07, 6.45) is -0.516. The Kier molecular flexibility index (Phi) is 5.05. The third-order valence-corrected chi connectivity index (χ3v) is 6.19. The van der Waals surface area contributed by atoms with Gasteiger partial charge in [-0.1, -0.05) is 36.8 Å². The Morgan fingerprint density at radius 3 is 2.39 bits per heavy atom. The number of aryl methyl sites for hydroxylation is 1. The first-order valence-corrected chi connectivity index (χ1v) is 10.2. The molecule has 3 heterocycles. The Morgan fingerprint density at radius 1 is 1.14 bits per heavy atom. The van der Waals surface area contributed by atoms with Crippen molar-refractivity contribution < 1.29 is 18.3 Å². The second-order valence-electron chi connectivity index (χ2n) is 6.98. The molecule has 4 rings (SSSR count). The van der Waals surface area contributed by atoms with Gasteiger partial charge in [0.25, 0.3) is 0 Å². The number of aromatic hydroxyl groups is 1. The molecule has 3 aromatic rings. The third-order valence-electron chi connectivity index (χ3n) is 5.12. The molecule has 1 aliphatic heterocycles. The molecule has 0 aliphatic carbocycles. The first-order chi connectivity index (χ1) is 13.4. The summed E-state index contributed by atoms with van der Waals surface area (Å²) in [7, 11) is 0. The predicted molar refractivity (Wildman–Crippen MR) is 101 cm³/mol. The van der Waals surface area contributed by atoms with E-state index in [-0.39, 0.29) is 11.9 Å². The molecular formula is C19H21F3N4OS. The molecule has 1 N–H and O–H groups in total. The van der Waals surface area contributed by atoms with Gasteiger partial charge in [-0.2, -0.15) is 17.7 Å². The highest BCUT2D eigenvalue weighted by Crippen LogP contribution is 2.41. The monoisotopic (exact) mass is 410 g/mol. The average molecular weight is 410 g/mol. The fraction of sp³-hybridized carbons (Fsp3) is 0.474. The van der Waals surface area contributed by atoms with E-state index in [1.54, 1.807) is 0 Å². The van der Waals surface area contributed by atoms with Crippen molar-refractivity contribution >= 4 is 16.3 Å². The molecule has 0 radical (unpaired) electrons. The van der Waals surface area contributed by atoms with E-state index < -0.39 is 11.7 Å². The molecule has 2 aromatic heterocycles. The second-order valence-corrected chi connectivity index (χ2v) is 7.99. The van der Waals surface area contributed by atoms with Crippen molar-refractivity contribution in [3.8, 4) is 5.88 Å². The molecule has 28 heavy (non-hydrogen) atoms. The van der Waals surface area contributed by atoms with Gasteiger partial charge in [0.05, 0.1) is 16.5 Å². The number of likely N-dealkylation sites (tertiary alicyclic amines) is 1. The molecule has 0 bridgehead atoms. The first-order valence-electron chi connectivity index (χ1n) is 9.37. The van der Waals surface area contributed by atoms with E-state index >= 15 is 0 Å². The molecule has 9 heteroatoms. The van der Waals surface area contributed by atoms with Crippen molar-refractivity contribution in [2.75, 3.05) is 13.1 Å². The van der Waals surface area contributed by atoms with Crippen LogP contribution in [0.25, 0.3) is 4.96 Å². The Labute approximate surface area is 164 Å². The smallest absolute Gasteiger partial charge is 0.416 e. The molecule has 0 unspecified atom stereocenters. The van der Waals surface area contributed by atoms with Crippen LogP contribution in [0, 0.1) is 0 Å². The number of hydrogen-bond acceptors (Lipinski definition) is 5. The number of nitrogens with zero attached hydrogens (tertiary/aromatic N) is 4. The van der Waals surface area contributed by atoms with Crippen LogP contribution in [0.4, 0.5) is 13.2 Å². The van der Waals surface area contributed by atoms with Gasteiger partial charge in [0.2, 0.25) is 10.8 Å². The fourth-order valence-corrected chi connectivity index (χ4v) is 4.81. The number of piperidine rings is 1. The summed E-state index contributed by atoms with van der Waals surface area (Å²) >= 11 is 1.34. The van der Waals surface area contributed by atoms with Crippen LogP contribution in [0.1, 0.15) is 54.1 Å². The lowest BCUT2D eigenvalue weighted by atomic mass is 9.99. The lowest BCUT2D eigenvalue weighted by molar-refractivity contribution is -0.137. The Bertz CT molecular complexity index is 958. The van der Waals surface area contributed by atoms with Gasteiger partial charge in [-0.3, -0.25) is 4.90 Å². The van der Waals surface area contributed by atoms with E-state index in [0.717, 1.165) is 50.0 Å². The normalized spacial score (nSPS) is 17.3. The summed E-state index contributed by atoms with van der Waals surface area (Å²) in [5.74, 6) is 0.667. The van der Waals surface area contributed by atoms with Crippen LogP contribution in [0.2, 0.25) is 0 Å². The van der Waals surface area contributed by atoms with E-state index in [1.807, 2.05) is 6.92 Å². The number of aromatic nitrogens is 3. The minimum atomic E-state index is -4.37. The number of hydrogen-bond donors (Lipinski definition) is 1. The summed E-state index contributed by atoms with van der Waals surface area (Å²) in [5, 5.41) is 15.1. The van der Waals surface area contributed by atoms with Crippen LogP contribution in [-0.4, -0.2) is 37.7 Å². The number of halogens is 3. The Balaban J connectivity index is 1.78. The van der Waals surface area contributed by atoms with Gasteiger partial charge in [0, 0.05) is 6.42 Å². The maximum Gasteiger partial charge on any atom is 0.416 e. The molecule has 150 valence electrons. The van der Waals surface area contributed by atoms with Gasteiger partial charge in [-0.05, 0) is 43.6 Å². The summed E-state index contributed by atoms with van der Waals surface area (Å²) in [6.45, 7) is 3.61. The maximum absolute atomic E-state index is 13.0. The molecule has 5 nitrogen and oxygen atoms in total. The van der Waals surface area contributed by atoms with Crippen molar-refractivity contribution in [2.45, 2.75) is 44.8 Å². The number of benzene rings is 1. The molecule has 1 aliphatic rings. The molecular weight excluding hydrogens is 389 g/mol. The zero-order valence-electron chi connectivity index (χ0n) is 15.4. The van der Waals surface area contributed by atoms with E-state index in [4.69, 9.17) is 0 Å². The third kappa shape index (κ3) is 3.48. The predicted octanol–water partition coefficient (Wildman–Crippen LogP) is 4.65. The van der Waals surface area contributed by atoms with E-state index in [1.165, 1.54) is 28.0 Å². The summed E-state index contributed by atoms with van der Waals surface area (Å²) < 4.78 is 40.3. The lowest BCUT2D eigenvalue weighted by Gasteiger charge is -2.34. The lowest BCUT2D eigenvalue weighted by Crippen LogP contribution is -2.34. The number of rotatable bonds is 4. The van der Waals surface area contributed by atoms with E-state index in [9.17, 15) is 18.3 Å². The highest BCUT2D eigenvalue weighted by Gasteiger charge is 2.33. The van der Waals surface area contributed by atoms with Crippen molar-refractivity contribution in [2.24, 2.45) is 0 Å². The van der Waals surface area contributed by atoms with Crippen LogP contribution in [0.5, 0.6) is 5.88 Å². The average Bonchev–Trinajstić information content (AvgIpc) is 3.22. The van der Waals surface area contributed by atoms with Crippen LogP contribution in [-0.2, 0) is 12.6 Å². The van der Waals surface area contributed by atoms with Crippen LogP contribution < -0.4 is 0 Å². The number of fused-ring (bicyclic) bond motifs is 1. The largest absolute Gasteiger partial charge is 0.492 e. The topological polar surface area (TPSA) is 53.7 Å². The van der Waals surface area contributed by atoms with Crippen LogP contribution in [0.15, 0.2) is 24.3 Å². The van der Waals surface area contributed by atoms with Crippen molar-refractivity contribution in [1.29, 1.82) is 0 Å². The van der Waals surface area contributed by atoms with Crippen molar-refractivity contribution in [1.82, 2.24) is 19.5 Å². The Morgan fingerprint density at radius 2 is 1.82 bits per heavy atom. The van der Waals surface area contributed by atoms with Gasteiger partial charge in [-0.25, -0.2) is 4.98 Å². The summed E-state index contributed by atoms with van der Waals surface area (Å²) in [4.78, 5) is 7.91. The SMILES string of the molecule is CCc1nc2sc([C@@H](c3ccc(C(F)(F)F)cc3)N3CCCCC3)c(O)n2n1. The first kappa shape index (κ1) is 19.2. The minimum absolute atomic E-state index is 0.0164. The standard InChI is InChI=1S/C19H21F3N4OS/c1-2-14-23-18-26(24-14)17(27)16(28-18)15(25-10-4-3-5-11-25)12-6-8-13(9-7-12)19(20,21)22/h6-9,15,27H,2-5,10-11H2,1H3/t15-/m1/s1. The quantitative estimate of drug-likeness (QED) is 0.680. The van der Waals surface area contributed by atoms with Gasteiger partial charge < -0.3 is 5.11 Å². The molecule has 0 saturated carbocycles. The minimum Gasteiger partial charge on any atom is -0.492 e. The van der Waals surface area contributed by atoms with Crippen molar-refractivity contribution in [3.05, 3.63) is 46.1 Å². The molecule has 1 aromatic carbocycles. The number of thiazole rings is 1.